The van der Waals surface area contributed by atoms with E-state index >= 15 is 0 Å². The van der Waals surface area contributed by atoms with Gasteiger partial charge in [-0.15, -0.1) is 0 Å². The molecule has 6 nitrogen and oxygen atoms in total. The third kappa shape index (κ3) is 3.30. The summed E-state index contributed by atoms with van der Waals surface area (Å²) in [5.74, 6) is 0.233. The Kier molecular flexibility index (Phi) is 5.10. The largest absolute Gasteiger partial charge is 0.496 e. The van der Waals surface area contributed by atoms with Gasteiger partial charge in [-0.05, 0) is 54.8 Å². The predicted octanol–water partition coefficient (Wildman–Crippen LogP) is 5.30. The number of rotatable bonds is 3. The van der Waals surface area contributed by atoms with Crippen molar-refractivity contribution in [2.75, 3.05) is 7.11 Å². The number of nitrogens with two attached hydrogens (primary N) is 1. The third-order valence-electron chi connectivity index (χ3n) is 6.21. The highest BCUT2D eigenvalue weighted by molar-refractivity contribution is 5.87. The van der Waals surface area contributed by atoms with E-state index in [0.29, 0.717) is 28.0 Å². The first-order valence-corrected chi connectivity index (χ1v) is 10.8. The van der Waals surface area contributed by atoms with Crippen LogP contribution in [-0.4, -0.2) is 7.11 Å². The van der Waals surface area contributed by atoms with Gasteiger partial charge in [-0.25, -0.2) is 4.79 Å². The minimum atomic E-state index is -0.747. The molecule has 0 spiro atoms. The molecule has 0 radical (unpaired) electrons. The van der Waals surface area contributed by atoms with E-state index in [4.69, 9.17) is 19.6 Å². The molecule has 1 aromatic heterocycles. The maximum Gasteiger partial charge on any atom is 0.344 e. The summed E-state index contributed by atoms with van der Waals surface area (Å²) in [6.07, 6.45) is 0. The Hall–Kier alpha value is -4.50. The summed E-state index contributed by atoms with van der Waals surface area (Å²) >= 11 is 0. The predicted molar refractivity (Wildman–Crippen MR) is 130 cm³/mol. The summed E-state index contributed by atoms with van der Waals surface area (Å²) in [5.41, 5.74) is 11.1. The summed E-state index contributed by atoms with van der Waals surface area (Å²) in [4.78, 5) is 13.2. The molecule has 2 heterocycles. The van der Waals surface area contributed by atoms with Gasteiger partial charge >= 0.3 is 5.63 Å². The summed E-state index contributed by atoms with van der Waals surface area (Å²) < 4.78 is 17.1. The van der Waals surface area contributed by atoms with Gasteiger partial charge in [-0.3, -0.25) is 0 Å². The first kappa shape index (κ1) is 21.4. The number of ether oxygens (including phenoxy) is 2. The highest BCUT2D eigenvalue weighted by Gasteiger charge is 2.36. The van der Waals surface area contributed by atoms with Crippen LogP contribution in [0.25, 0.3) is 22.1 Å². The van der Waals surface area contributed by atoms with Crippen LogP contribution in [-0.2, 0) is 0 Å². The van der Waals surface area contributed by atoms with Crippen molar-refractivity contribution in [3.63, 3.8) is 0 Å². The second-order valence-corrected chi connectivity index (χ2v) is 8.33. The number of fused-ring (bicyclic) bond motifs is 3. The fraction of sp³-hybridized carbons (Fsp3) is 0.143. The van der Waals surface area contributed by atoms with Gasteiger partial charge in [0.05, 0.1) is 24.0 Å². The number of hydrogen-bond acceptors (Lipinski definition) is 6. The zero-order valence-electron chi connectivity index (χ0n) is 19.0. The van der Waals surface area contributed by atoms with Gasteiger partial charge in [0.2, 0.25) is 5.88 Å². The lowest BCUT2D eigenvalue weighted by Crippen LogP contribution is -2.26. The van der Waals surface area contributed by atoms with E-state index < -0.39 is 11.5 Å². The highest BCUT2D eigenvalue weighted by Crippen LogP contribution is 2.45. The Morgan fingerprint density at radius 2 is 1.82 bits per heavy atom. The summed E-state index contributed by atoms with van der Waals surface area (Å²) in [5, 5.41) is 10.6. The zero-order chi connectivity index (χ0) is 24.0. The van der Waals surface area contributed by atoms with Gasteiger partial charge < -0.3 is 19.6 Å². The van der Waals surface area contributed by atoms with Crippen molar-refractivity contribution in [1.82, 2.24) is 0 Å². The lowest BCUT2D eigenvalue weighted by Gasteiger charge is -2.26. The summed E-state index contributed by atoms with van der Waals surface area (Å²) in [6, 6.07) is 21.2. The van der Waals surface area contributed by atoms with Crippen molar-refractivity contribution in [2.45, 2.75) is 19.8 Å². The van der Waals surface area contributed by atoms with Crippen LogP contribution < -0.4 is 20.8 Å². The molecule has 168 valence electrons. The molecule has 0 bridgehead atoms. The molecule has 0 fully saturated rings. The second kappa shape index (κ2) is 8.13. The Morgan fingerprint density at radius 3 is 2.56 bits per heavy atom. The number of nitriles is 1. The molecule has 34 heavy (non-hydrogen) atoms. The molecule has 2 N–H and O–H groups in total. The van der Waals surface area contributed by atoms with E-state index in [0.717, 1.165) is 22.3 Å². The van der Waals surface area contributed by atoms with Crippen molar-refractivity contribution in [3.05, 3.63) is 105 Å². The molecule has 5 rings (SSSR count). The van der Waals surface area contributed by atoms with E-state index in [1.807, 2.05) is 68.4 Å². The van der Waals surface area contributed by atoms with Gasteiger partial charge in [-0.2, -0.15) is 5.26 Å². The SMILES string of the molecule is COc1ccc(C2C(C#N)=C(N)Oc3c2c(=O)oc2ccc(C)cc32)cc1-c1ccccc1C. The quantitative estimate of drug-likeness (QED) is 0.425. The Bertz CT molecular complexity index is 1590. The normalized spacial score (nSPS) is 14.9. The molecule has 1 aliphatic rings. The van der Waals surface area contributed by atoms with Crippen molar-refractivity contribution < 1.29 is 13.9 Å². The van der Waals surface area contributed by atoms with Crippen LogP contribution in [0, 0.1) is 25.2 Å². The van der Waals surface area contributed by atoms with Crippen LogP contribution in [0.2, 0.25) is 0 Å². The molecule has 0 saturated carbocycles. The van der Waals surface area contributed by atoms with E-state index in [2.05, 4.69) is 6.07 Å². The average Bonchev–Trinajstić information content (AvgIpc) is 2.84. The van der Waals surface area contributed by atoms with E-state index in [-0.39, 0.29) is 17.0 Å². The van der Waals surface area contributed by atoms with Crippen LogP contribution >= 0.6 is 0 Å². The molecule has 0 aliphatic carbocycles. The van der Waals surface area contributed by atoms with Gasteiger partial charge in [0.1, 0.15) is 23.0 Å². The minimum absolute atomic E-state index is 0.0262. The number of benzene rings is 3. The topological polar surface area (TPSA) is 98.5 Å². The number of allylic oxidation sites excluding steroid dienone is 1. The van der Waals surface area contributed by atoms with Crippen molar-refractivity contribution >= 4 is 11.0 Å². The molecule has 3 aromatic carbocycles. The van der Waals surface area contributed by atoms with Crippen LogP contribution in [0.4, 0.5) is 0 Å². The third-order valence-corrected chi connectivity index (χ3v) is 6.21. The maximum absolute atomic E-state index is 13.2. The minimum Gasteiger partial charge on any atom is -0.496 e. The van der Waals surface area contributed by atoms with Gasteiger partial charge in [0.15, 0.2) is 5.75 Å². The second-order valence-electron chi connectivity index (χ2n) is 8.33. The summed E-state index contributed by atoms with van der Waals surface area (Å²) in [6.45, 7) is 3.96. The molecule has 1 atom stereocenters. The molecular weight excluding hydrogens is 428 g/mol. The molecule has 1 unspecified atom stereocenters. The number of aryl methyl sites for hydroxylation is 2. The fourth-order valence-electron chi connectivity index (χ4n) is 4.56. The molecule has 6 heteroatoms. The van der Waals surface area contributed by atoms with Crippen LogP contribution in [0.15, 0.2) is 81.3 Å². The van der Waals surface area contributed by atoms with Gasteiger partial charge in [0.25, 0.3) is 0 Å². The highest BCUT2D eigenvalue weighted by atomic mass is 16.5. The number of nitrogens with zero attached hydrogens (tertiary/aromatic N) is 1. The summed E-state index contributed by atoms with van der Waals surface area (Å²) in [7, 11) is 1.61. The molecule has 0 amide bonds. The lowest BCUT2D eigenvalue weighted by atomic mass is 9.82. The average molecular weight is 450 g/mol. The number of hydrogen-bond donors (Lipinski definition) is 1. The van der Waals surface area contributed by atoms with Crippen molar-refractivity contribution in [1.29, 1.82) is 5.26 Å². The smallest absolute Gasteiger partial charge is 0.344 e. The van der Waals surface area contributed by atoms with Crippen molar-refractivity contribution in [2.24, 2.45) is 5.73 Å². The molecule has 4 aromatic rings. The molecular formula is C28H22N2O4. The van der Waals surface area contributed by atoms with E-state index in [1.165, 1.54) is 0 Å². The van der Waals surface area contributed by atoms with Crippen molar-refractivity contribution in [3.8, 4) is 28.7 Å². The monoisotopic (exact) mass is 450 g/mol. The molecule has 0 saturated heterocycles. The van der Waals surface area contributed by atoms with E-state index in [1.54, 1.807) is 13.2 Å². The Balaban J connectivity index is 1.81. The standard InChI is InChI=1S/C28H22N2O4/c1-15-8-10-23-20(12-15)26-25(28(31)33-23)24(21(14-29)27(30)34-26)17-9-11-22(32-3)19(13-17)18-7-5-4-6-16(18)2/h4-13,24H,30H2,1-3H3. The first-order chi connectivity index (χ1) is 16.4. The van der Waals surface area contributed by atoms with Crippen LogP contribution in [0.5, 0.6) is 11.5 Å². The maximum atomic E-state index is 13.2. The Labute approximate surface area is 196 Å². The van der Waals surface area contributed by atoms with Gasteiger partial charge in [0, 0.05) is 5.56 Å². The van der Waals surface area contributed by atoms with Gasteiger partial charge in [-0.1, -0.05) is 42.0 Å². The Morgan fingerprint density at radius 1 is 1.03 bits per heavy atom. The molecule has 1 aliphatic heterocycles. The van der Waals surface area contributed by atoms with Crippen LogP contribution in [0.3, 0.4) is 0 Å². The van der Waals surface area contributed by atoms with E-state index in [9.17, 15) is 10.1 Å². The fourth-order valence-corrected chi connectivity index (χ4v) is 4.56. The van der Waals surface area contributed by atoms with Crippen LogP contribution in [0.1, 0.15) is 28.2 Å². The number of methoxy groups -OCH3 is 1. The zero-order valence-corrected chi connectivity index (χ0v) is 19.0. The first-order valence-electron chi connectivity index (χ1n) is 10.8. The lowest BCUT2D eigenvalue weighted by molar-refractivity contribution is 0.388.